The Balaban J connectivity index is 1.96. The number of fused-ring (bicyclic) bond motifs is 4. The average Bonchev–Trinajstić information content (AvgIpc) is 3.08. The third-order valence-corrected chi connectivity index (χ3v) is 6.60. The quantitative estimate of drug-likeness (QED) is 0.585. The predicted octanol–water partition coefficient (Wildman–Crippen LogP) is 4.99. The fourth-order valence-electron chi connectivity index (χ4n) is 4.96. The highest BCUT2D eigenvalue weighted by atomic mass is 16.5. The fraction of sp³-hybridized carbons (Fsp3) is 0.520. The van der Waals surface area contributed by atoms with E-state index in [-0.39, 0.29) is 11.5 Å². The molecule has 0 radical (unpaired) electrons. The van der Waals surface area contributed by atoms with Crippen molar-refractivity contribution in [1.29, 1.82) is 0 Å². The zero-order valence-corrected chi connectivity index (χ0v) is 19.7. The Labute approximate surface area is 189 Å². The first-order valence-corrected chi connectivity index (χ1v) is 11.4. The zero-order valence-electron chi connectivity index (χ0n) is 19.7. The molecule has 3 N–H and O–H groups in total. The van der Waals surface area contributed by atoms with Crippen LogP contribution in [0.25, 0.3) is 21.9 Å². The Bertz CT molecular complexity index is 1160. The van der Waals surface area contributed by atoms with Crippen molar-refractivity contribution in [3.8, 4) is 5.75 Å². The molecule has 1 atom stereocenters. The van der Waals surface area contributed by atoms with Crippen LogP contribution < -0.4 is 15.8 Å². The summed E-state index contributed by atoms with van der Waals surface area (Å²) in [7, 11) is 3.25. The van der Waals surface area contributed by atoms with Crippen LogP contribution in [0, 0.1) is 5.41 Å². The van der Waals surface area contributed by atoms with Gasteiger partial charge in [0, 0.05) is 36.3 Å². The number of ether oxygens (including phenoxy) is 2. The van der Waals surface area contributed by atoms with Crippen molar-refractivity contribution in [2.75, 3.05) is 26.5 Å². The average molecular weight is 439 g/mol. The maximum absolute atomic E-state index is 11.6. The lowest BCUT2D eigenvalue weighted by Crippen LogP contribution is -2.28. The number of nitrogen functional groups attached to an aromatic ring is 1. The normalized spacial score (nSPS) is 14.9. The molecule has 172 valence electrons. The summed E-state index contributed by atoms with van der Waals surface area (Å²) in [4.78, 5) is 16.8. The first kappa shape index (κ1) is 22.2. The highest BCUT2D eigenvalue weighted by molar-refractivity contribution is 6.13. The van der Waals surface area contributed by atoms with Crippen molar-refractivity contribution in [3.63, 3.8) is 0 Å². The largest absolute Gasteiger partial charge is 0.497 e. The van der Waals surface area contributed by atoms with Gasteiger partial charge >= 0.3 is 6.09 Å². The summed E-state index contributed by atoms with van der Waals surface area (Å²) >= 11 is 0. The highest BCUT2D eigenvalue weighted by Gasteiger charge is 2.31. The minimum Gasteiger partial charge on any atom is -0.497 e. The summed E-state index contributed by atoms with van der Waals surface area (Å²) in [5.74, 6) is 0.795. The number of rotatable bonds is 5. The van der Waals surface area contributed by atoms with Crippen LogP contribution in [0.15, 0.2) is 18.2 Å². The Kier molecular flexibility index (Phi) is 5.93. The molecular formula is C25H34N4O3. The second-order valence-electron chi connectivity index (χ2n) is 9.67. The number of carbonyl (C=O) groups excluding carboxylic acids is 1. The maximum Gasteiger partial charge on any atom is 0.406 e. The molecule has 1 aromatic carbocycles. The van der Waals surface area contributed by atoms with Crippen LogP contribution in [0.2, 0.25) is 0 Å². The molecule has 2 aromatic heterocycles. The van der Waals surface area contributed by atoms with Gasteiger partial charge in [0.05, 0.1) is 24.6 Å². The van der Waals surface area contributed by atoms with E-state index in [1.165, 1.54) is 5.56 Å². The molecule has 0 saturated heterocycles. The van der Waals surface area contributed by atoms with E-state index in [9.17, 15) is 4.79 Å². The van der Waals surface area contributed by atoms with E-state index in [0.717, 1.165) is 64.8 Å². The fourth-order valence-corrected chi connectivity index (χ4v) is 4.96. The molecule has 0 fully saturated rings. The van der Waals surface area contributed by atoms with Gasteiger partial charge in [0.1, 0.15) is 11.4 Å². The SMILES string of the molecule is CNC(=O)OCCC(n1c2ccc(OC)cc2c2c(N)c3c(nc21)CCCC3)C(C)(C)C. The van der Waals surface area contributed by atoms with E-state index in [4.69, 9.17) is 20.2 Å². The predicted molar refractivity (Wildman–Crippen MR) is 128 cm³/mol. The summed E-state index contributed by atoms with van der Waals surface area (Å²) in [6.07, 6.45) is 4.47. The van der Waals surface area contributed by atoms with E-state index < -0.39 is 6.09 Å². The van der Waals surface area contributed by atoms with Gasteiger partial charge in [-0.2, -0.15) is 0 Å². The van der Waals surface area contributed by atoms with Crippen molar-refractivity contribution in [3.05, 3.63) is 29.5 Å². The first-order chi connectivity index (χ1) is 15.3. The minimum atomic E-state index is -0.416. The van der Waals surface area contributed by atoms with Gasteiger partial charge in [-0.1, -0.05) is 20.8 Å². The van der Waals surface area contributed by atoms with Crippen molar-refractivity contribution >= 4 is 33.7 Å². The van der Waals surface area contributed by atoms with E-state index in [2.05, 4.69) is 42.8 Å². The van der Waals surface area contributed by atoms with Crippen LogP contribution in [-0.4, -0.2) is 36.4 Å². The molecule has 2 heterocycles. The summed E-state index contributed by atoms with van der Waals surface area (Å²) < 4.78 is 13.2. The van der Waals surface area contributed by atoms with E-state index in [1.54, 1.807) is 14.2 Å². The number of alkyl carbamates (subject to hydrolysis) is 1. The summed E-state index contributed by atoms with van der Waals surface area (Å²) in [5.41, 5.74) is 11.8. The second kappa shape index (κ2) is 8.52. The topological polar surface area (TPSA) is 91.4 Å². The third-order valence-electron chi connectivity index (χ3n) is 6.60. The zero-order chi connectivity index (χ0) is 23.0. The van der Waals surface area contributed by atoms with Gasteiger partial charge in [0.2, 0.25) is 0 Å². The number of aromatic nitrogens is 2. The molecule has 1 aliphatic carbocycles. The molecule has 1 unspecified atom stereocenters. The van der Waals surface area contributed by atoms with Gasteiger partial charge in [0.15, 0.2) is 0 Å². The Morgan fingerprint density at radius 1 is 1.28 bits per heavy atom. The van der Waals surface area contributed by atoms with Crippen LogP contribution in [0.3, 0.4) is 0 Å². The number of hydrogen-bond donors (Lipinski definition) is 2. The highest BCUT2D eigenvalue weighted by Crippen LogP contribution is 2.44. The molecule has 7 nitrogen and oxygen atoms in total. The lowest BCUT2D eigenvalue weighted by atomic mass is 9.84. The monoisotopic (exact) mass is 438 g/mol. The minimum absolute atomic E-state index is 0.0501. The van der Waals surface area contributed by atoms with Crippen molar-refractivity contribution in [2.24, 2.45) is 5.41 Å². The van der Waals surface area contributed by atoms with Gasteiger partial charge < -0.3 is 25.1 Å². The standard InChI is InChI=1S/C25H34N4O3/c1-25(2,3)20(12-13-32-24(30)27-4)29-19-11-10-15(31-5)14-17(19)21-22(26)16-8-6-7-9-18(16)28-23(21)29/h10-11,14,20H,6-9,12-13H2,1-5H3,(H2,26,28)(H,27,30). The molecule has 7 heteroatoms. The number of pyridine rings is 1. The van der Waals surface area contributed by atoms with Crippen molar-refractivity contribution in [2.45, 2.75) is 58.9 Å². The number of methoxy groups -OCH3 is 1. The molecule has 0 saturated carbocycles. The van der Waals surface area contributed by atoms with E-state index in [1.807, 2.05) is 6.07 Å². The smallest absolute Gasteiger partial charge is 0.406 e. The Morgan fingerprint density at radius 2 is 2.03 bits per heavy atom. The lowest BCUT2D eigenvalue weighted by Gasteiger charge is -2.33. The van der Waals surface area contributed by atoms with Gasteiger partial charge in [-0.05, 0) is 54.9 Å². The second-order valence-corrected chi connectivity index (χ2v) is 9.67. The van der Waals surface area contributed by atoms with Gasteiger partial charge in [-0.15, -0.1) is 0 Å². The number of nitrogens with two attached hydrogens (primary N) is 1. The van der Waals surface area contributed by atoms with Crippen LogP contribution in [0.5, 0.6) is 5.75 Å². The van der Waals surface area contributed by atoms with Crippen molar-refractivity contribution < 1.29 is 14.3 Å². The molecule has 32 heavy (non-hydrogen) atoms. The van der Waals surface area contributed by atoms with Crippen LogP contribution >= 0.6 is 0 Å². The molecule has 4 rings (SSSR count). The summed E-state index contributed by atoms with van der Waals surface area (Å²) in [5, 5.41) is 4.57. The van der Waals surface area contributed by atoms with Gasteiger partial charge in [0.25, 0.3) is 0 Å². The Morgan fingerprint density at radius 3 is 2.72 bits per heavy atom. The van der Waals surface area contributed by atoms with Crippen LogP contribution in [0.1, 0.15) is 57.3 Å². The Hall–Kier alpha value is -2.96. The lowest BCUT2D eigenvalue weighted by molar-refractivity contribution is 0.127. The van der Waals surface area contributed by atoms with Crippen LogP contribution in [0.4, 0.5) is 10.5 Å². The number of carbonyl (C=O) groups is 1. The van der Waals surface area contributed by atoms with Crippen molar-refractivity contribution in [1.82, 2.24) is 14.9 Å². The number of anilines is 1. The number of hydrogen-bond acceptors (Lipinski definition) is 5. The summed E-state index contributed by atoms with van der Waals surface area (Å²) in [6.45, 7) is 6.95. The number of amides is 1. The number of benzene rings is 1. The molecule has 1 amide bonds. The summed E-state index contributed by atoms with van der Waals surface area (Å²) in [6, 6.07) is 6.18. The first-order valence-electron chi connectivity index (χ1n) is 11.4. The van der Waals surface area contributed by atoms with Gasteiger partial charge in [-0.25, -0.2) is 9.78 Å². The molecule has 0 spiro atoms. The number of aryl methyl sites for hydroxylation is 1. The molecule has 0 aliphatic heterocycles. The number of nitrogens with one attached hydrogen (secondary N) is 1. The van der Waals surface area contributed by atoms with Gasteiger partial charge in [-0.3, -0.25) is 0 Å². The number of nitrogens with zero attached hydrogens (tertiary/aromatic N) is 2. The maximum atomic E-state index is 11.6. The molecular weight excluding hydrogens is 404 g/mol. The third kappa shape index (κ3) is 3.85. The van der Waals surface area contributed by atoms with E-state index >= 15 is 0 Å². The molecule has 3 aromatic rings. The van der Waals surface area contributed by atoms with E-state index in [0.29, 0.717) is 13.0 Å². The van der Waals surface area contributed by atoms with Crippen LogP contribution in [-0.2, 0) is 17.6 Å². The molecule has 1 aliphatic rings. The molecule has 0 bridgehead atoms.